The predicted octanol–water partition coefficient (Wildman–Crippen LogP) is 2.96. The van der Waals surface area contributed by atoms with Crippen molar-refractivity contribution in [2.24, 2.45) is 5.73 Å². The first kappa shape index (κ1) is 31.5. The summed E-state index contributed by atoms with van der Waals surface area (Å²) in [5.74, 6) is -4.60. The minimum Gasteiger partial charge on any atom is -0.480 e. The van der Waals surface area contributed by atoms with Crippen LogP contribution in [0.2, 0.25) is 0 Å². The lowest BCUT2D eigenvalue weighted by Gasteiger charge is -2.20. The summed E-state index contributed by atoms with van der Waals surface area (Å²) in [4.78, 5) is 43.6. The van der Waals surface area contributed by atoms with Crippen molar-refractivity contribution in [3.8, 4) is 29.5 Å². The van der Waals surface area contributed by atoms with Gasteiger partial charge >= 0.3 is 29.5 Å². The number of benzene rings is 2. The van der Waals surface area contributed by atoms with Gasteiger partial charge in [0, 0.05) is 11.8 Å². The summed E-state index contributed by atoms with van der Waals surface area (Å²) in [7, 11) is 0. The van der Waals surface area contributed by atoms with Gasteiger partial charge in [0.25, 0.3) is 0 Å². The molecule has 224 valence electrons. The van der Waals surface area contributed by atoms with Crippen LogP contribution in [0.1, 0.15) is 36.7 Å². The van der Waals surface area contributed by atoms with E-state index in [1.54, 1.807) is 26.8 Å². The zero-order valence-corrected chi connectivity index (χ0v) is 22.9. The Morgan fingerprint density at radius 2 is 1.93 bits per heavy atom. The van der Waals surface area contributed by atoms with E-state index in [-0.39, 0.29) is 28.6 Å². The van der Waals surface area contributed by atoms with Crippen molar-refractivity contribution in [3.05, 3.63) is 63.7 Å². The van der Waals surface area contributed by atoms with Gasteiger partial charge in [-0.3, -0.25) is 15.5 Å². The first-order valence-corrected chi connectivity index (χ1v) is 12.2. The fraction of sp³-hybridized carbons (Fsp3) is 0.231. The normalized spacial score (nSPS) is 11.4. The molecule has 7 N–H and O–H groups in total. The second kappa shape index (κ2) is 13.1. The van der Waals surface area contributed by atoms with E-state index in [9.17, 15) is 35.2 Å². The van der Waals surface area contributed by atoms with Crippen molar-refractivity contribution in [3.63, 3.8) is 0 Å². The highest BCUT2D eigenvalue weighted by molar-refractivity contribution is 5.93. The molecule has 43 heavy (non-hydrogen) atoms. The van der Waals surface area contributed by atoms with Crippen molar-refractivity contribution in [2.45, 2.75) is 32.4 Å². The van der Waals surface area contributed by atoms with Crippen LogP contribution in [0.25, 0.3) is 0 Å². The van der Waals surface area contributed by atoms with Crippen LogP contribution in [0.4, 0.5) is 17.2 Å². The van der Waals surface area contributed by atoms with Gasteiger partial charge in [0.05, 0.1) is 23.2 Å². The number of aromatic nitrogens is 2. The molecule has 0 saturated heterocycles. The van der Waals surface area contributed by atoms with Crippen molar-refractivity contribution in [1.82, 2.24) is 9.97 Å². The minimum atomic E-state index is -1.74. The van der Waals surface area contributed by atoms with Crippen LogP contribution in [0, 0.1) is 26.9 Å². The molecule has 0 aliphatic rings. The monoisotopic (exact) mass is 594 g/mol. The lowest BCUT2D eigenvalue weighted by Crippen LogP contribution is -2.33. The second-order valence-corrected chi connectivity index (χ2v) is 9.58. The Morgan fingerprint density at radius 1 is 1.21 bits per heavy atom. The molecule has 1 heterocycles. The maximum absolute atomic E-state index is 12.9. The van der Waals surface area contributed by atoms with Gasteiger partial charge in [-0.15, -0.1) is 0 Å². The third-order valence-corrected chi connectivity index (χ3v) is 5.06. The van der Waals surface area contributed by atoms with Crippen LogP contribution < -0.4 is 25.8 Å². The molecule has 0 bridgehead atoms. The van der Waals surface area contributed by atoms with E-state index in [4.69, 9.17) is 25.4 Å². The summed E-state index contributed by atoms with van der Waals surface area (Å²) in [5.41, 5.74) is 3.60. The Balaban J connectivity index is 2.20. The van der Waals surface area contributed by atoms with Gasteiger partial charge in [-0.05, 0) is 51.1 Å². The van der Waals surface area contributed by atoms with Crippen LogP contribution >= 0.6 is 0 Å². The standard InChI is InChI=1S/C26H26N8O9/c1-26(2,3)43-23(38)16-8-7-13(11-27)9-18(16)42-21-19(34(39)40)20(31-17(12-35)22(36)37)32-25(33-21)41-15-6-4-5-14(10-15)30-24(28)29/h4-10,17,35H,12H2,1-3H3,(H,36,37)(H4,28,29,30)(H,31,32,33). The maximum atomic E-state index is 12.9. The van der Waals surface area contributed by atoms with Gasteiger partial charge in [-0.2, -0.15) is 15.2 Å². The Kier molecular flexibility index (Phi) is 9.60. The predicted molar refractivity (Wildman–Crippen MR) is 149 cm³/mol. The van der Waals surface area contributed by atoms with Crippen LogP contribution in [-0.2, 0) is 9.53 Å². The number of rotatable bonds is 11. The first-order valence-electron chi connectivity index (χ1n) is 12.2. The van der Waals surface area contributed by atoms with Gasteiger partial charge in [-0.25, -0.2) is 9.59 Å². The molecule has 0 fully saturated rings. The molecule has 0 aliphatic carbocycles. The number of carboxylic acids is 1. The molecule has 0 amide bonds. The minimum absolute atomic E-state index is 0.0230. The summed E-state index contributed by atoms with van der Waals surface area (Å²) in [6, 6.07) is 9.14. The molecule has 0 radical (unpaired) electrons. The van der Waals surface area contributed by atoms with Gasteiger partial charge in [-0.1, -0.05) is 6.07 Å². The number of nitrogens with two attached hydrogens (primary N) is 1. The zero-order valence-electron chi connectivity index (χ0n) is 22.9. The number of hydrogen-bond acceptors (Lipinski definition) is 13. The third kappa shape index (κ3) is 8.48. The fourth-order valence-electron chi connectivity index (χ4n) is 3.33. The quantitative estimate of drug-likeness (QED) is 0.0612. The number of esters is 1. The van der Waals surface area contributed by atoms with E-state index in [0.29, 0.717) is 5.69 Å². The van der Waals surface area contributed by atoms with Crippen molar-refractivity contribution >= 4 is 35.1 Å². The van der Waals surface area contributed by atoms with E-state index in [2.05, 4.69) is 20.6 Å². The highest BCUT2D eigenvalue weighted by Gasteiger charge is 2.32. The third-order valence-electron chi connectivity index (χ3n) is 5.06. The fourth-order valence-corrected chi connectivity index (χ4v) is 3.33. The molecule has 3 rings (SSSR count). The van der Waals surface area contributed by atoms with Crippen LogP contribution in [0.5, 0.6) is 23.4 Å². The van der Waals surface area contributed by atoms with E-state index in [0.717, 1.165) is 6.07 Å². The van der Waals surface area contributed by atoms with E-state index >= 15 is 0 Å². The number of nitriles is 1. The van der Waals surface area contributed by atoms with Crippen LogP contribution in [0.3, 0.4) is 0 Å². The highest BCUT2D eigenvalue weighted by atomic mass is 16.6. The number of nitrogens with one attached hydrogen (secondary N) is 3. The lowest BCUT2D eigenvalue weighted by atomic mass is 10.1. The first-order chi connectivity index (χ1) is 20.2. The molecule has 17 nitrogen and oxygen atoms in total. The molecule has 1 atom stereocenters. The molecular formula is C26H26N8O9. The molecule has 0 aliphatic heterocycles. The average molecular weight is 595 g/mol. The van der Waals surface area contributed by atoms with Crippen molar-refractivity contribution < 1.29 is 38.9 Å². The van der Waals surface area contributed by atoms with Crippen molar-refractivity contribution in [1.29, 1.82) is 10.7 Å². The number of carbonyl (C=O) groups excluding carboxylic acids is 1. The smallest absolute Gasteiger partial charge is 0.373 e. The number of guanidine groups is 1. The largest absolute Gasteiger partial charge is 0.480 e. The Bertz CT molecular complexity index is 1620. The molecule has 17 heteroatoms. The number of nitrogens with zero attached hydrogens (tertiary/aromatic N) is 4. The number of aliphatic hydroxyl groups excluding tert-OH is 1. The number of anilines is 2. The zero-order chi connectivity index (χ0) is 31.9. The number of nitro groups is 1. The number of carbonyl (C=O) groups is 2. The number of carboxylic acid groups (broad SMARTS) is 1. The van der Waals surface area contributed by atoms with Gasteiger partial charge in [0.2, 0.25) is 5.82 Å². The van der Waals surface area contributed by atoms with Gasteiger partial charge in [0.15, 0.2) is 5.96 Å². The highest BCUT2D eigenvalue weighted by Crippen LogP contribution is 2.39. The van der Waals surface area contributed by atoms with Crippen LogP contribution in [-0.4, -0.2) is 61.3 Å². The average Bonchev–Trinajstić information content (AvgIpc) is 2.90. The Labute approximate surface area is 243 Å². The maximum Gasteiger partial charge on any atom is 0.373 e. The molecular weight excluding hydrogens is 568 g/mol. The Hall–Kier alpha value is -6.02. The summed E-state index contributed by atoms with van der Waals surface area (Å²) in [6.45, 7) is 3.88. The van der Waals surface area contributed by atoms with E-state index in [1.165, 1.54) is 30.3 Å². The summed E-state index contributed by atoms with van der Waals surface area (Å²) < 4.78 is 16.8. The molecule has 0 spiro atoms. The van der Waals surface area contributed by atoms with E-state index < -0.39 is 58.5 Å². The lowest BCUT2D eigenvalue weighted by molar-refractivity contribution is -0.385. The SMILES string of the molecule is CC(C)(C)OC(=O)c1ccc(C#N)cc1Oc1nc(Oc2cccc(NC(=N)N)c2)nc(NC(CO)C(=O)O)c1[N+](=O)[O-]. The molecule has 3 aromatic rings. The number of aliphatic hydroxyl groups is 1. The molecule has 1 aromatic heterocycles. The summed E-state index contributed by atoms with van der Waals surface area (Å²) in [6.07, 6.45) is 0. The molecule has 2 aromatic carbocycles. The number of hydrogen-bond donors (Lipinski definition) is 6. The van der Waals surface area contributed by atoms with E-state index in [1.807, 2.05) is 6.07 Å². The second-order valence-electron chi connectivity index (χ2n) is 9.58. The van der Waals surface area contributed by atoms with Gasteiger partial charge < -0.3 is 40.8 Å². The van der Waals surface area contributed by atoms with Crippen LogP contribution in [0.15, 0.2) is 42.5 Å². The summed E-state index contributed by atoms with van der Waals surface area (Å²) >= 11 is 0. The Morgan fingerprint density at radius 3 is 2.51 bits per heavy atom. The molecule has 1 unspecified atom stereocenters. The number of ether oxygens (including phenoxy) is 3. The molecule has 0 saturated carbocycles. The van der Waals surface area contributed by atoms with Gasteiger partial charge in [0.1, 0.15) is 28.7 Å². The summed E-state index contributed by atoms with van der Waals surface area (Å²) in [5, 5.41) is 52.7. The number of aliphatic carboxylic acids is 1. The topological polar surface area (TPSA) is 269 Å². The van der Waals surface area contributed by atoms with Crippen molar-refractivity contribution in [2.75, 3.05) is 17.2 Å².